The van der Waals surface area contributed by atoms with Gasteiger partial charge >= 0.3 is 0 Å². The van der Waals surface area contributed by atoms with E-state index in [0.717, 1.165) is 24.6 Å². The van der Waals surface area contributed by atoms with Crippen LogP contribution in [0.4, 0.5) is 4.39 Å². The van der Waals surface area contributed by atoms with E-state index in [0.29, 0.717) is 0 Å². The second kappa shape index (κ2) is 6.57. The van der Waals surface area contributed by atoms with Gasteiger partial charge in [0.15, 0.2) is 0 Å². The average Bonchev–Trinajstić information content (AvgIpc) is 2.21. The van der Waals surface area contributed by atoms with Crippen molar-refractivity contribution in [3.63, 3.8) is 0 Å². The van der Waals surface area contributed by atoms with Gasteiger partial charge in [0.2, 0.25) is 0 Å². The van der Waals surface area contributed by atoms with Crippen molar-refractivity contribution in [2.75, 3.05) is 6.54 Å². The lowest BCUT2D eigenvalue weighted by Crippen LogP contribution is -2.20. The molecule has 1 atom stereocenters. The summed E-state index contributed by atoms with van der Waals surface area (Å²) in [6.07, 6.45) is 2.50. The molecular formula is C13H20FN. The van der Waals surface area contributed by atoms with E-state index >= 15 is 0 Å². The van der Waals surface area contributed by atoms with Crippen molar-refractivity contribution in [3.8, 4) is 0 Å². The van der Waals surface area contributed by atoms with Gasteiger partial charge in [0.1, 0.15) is 5.82 Å². The summed E-state index contributed by atoms with van der Waals surface area (Å²) in [6.45, 7) is 6.32. The molecule has 0 aliphatic rings. The van der Waals surface area contributed by atoms with Gasteiger partial charge in [-0.3, -0.25) is 0 Å². The molecule has 0 aliphatic carbocycles. The van der Waals surface area contributed by atoms with Crippen LogP contribution < -0.4 is 5.32 Å². The first-order valence-electron chi connectivity index (χ1n) is 5.67. The van der Waals surface area contributed by atoms with Crippen LogP contribution in [0.15, 0.2) is 24.3 Å². The summed E-state index contributed by atoms with van der Waals surface area (Å²) in [4.78, 5) is 0. The maximum atomic E-state index is 12.6. The molecule has 0 saturated carbocycles. The predicted octanol–water partition coefficient (Wildman–Crippen LogP) is 3.35. The minimum atomic E-state index is -0.168. The first-order valence-corrected chi connectivity index (χ1v) is 5.67. The normalized spacial score (nSPS) is 12.7. The van der Waals surface area contributed by atoms with Crippen LogP contribution in [-0.4, -0.2) is 6.54 Å². The molecule has 1 nitrogen and oxygen atoms in total. The molecule has 0 fully saturated rings. The summed E-state index contributed by atoms with van der Waals surface area (Å²) < 4.78 is 12.6. The maximum absolute atomic E-state index is 12.6. The van der Waals surface area contributed by atoms with Gasteiger partial charge in [0, 0.05) is 6.54 Å². The lowest BCUT2D eigenvalue weighted by molar-refractivity contribution is 0.475. The first kappa shape index (κ1) is 12.2. The highest BCUT2D eigenvalue weighted by Gasteiger charge is 1.99. The van der Waals surface area contributed by atoms with E-state index in [1.54, 1.807) is 0 Å². The fraction of sp³-hybridized carbons (Fsp3) is 0.538. The van der Waals surface area contributed by atoms with Crippen molar-refractivity contribution in [2.24, 2.45) is 5.92 Å². The highest BCUT2D eigenvalue weighted by Crippen LogP contribution is 2.05. The van der Waals surface area contributed by atoms with Crippen molar-refractivity contribution in [3.05, 3.63) is 35.6 Å². The molecule has 0 bridgehead atoms. The Morgan fingerprint density at radius 1 is 1.27 bits per heavy atom. The van der Waals surface area contributed by atoms with E-state index in [1.165, 1.54) is 25.0 Å². The summed E-state index contributed by atoms with van der Waals surface area (Å²) in [5.41, 5.74) is 1.14. The molecule has 0 radical (unpaired) electrons. The third-order valence-corrected chi connectivity index (χ3v) is 2.52. The Bertz CT molecular complexity index is 268. The van der Waals surface area contributed by atoms with E-state index < -0.39 is 0 Å². The van der Waals surface area contributed by atoms with Crippen LogP contribution in [0.2, 0.25) is 0 Å². The topological polar surface area (TPSA) is 12.0 Å². The van der Waals surface area contributed by atoms with Gasteiger partial charge < -0.3 is 5.32 Å². The Morgan fingerprint density at radius 2 is 1.93 bits per heavy atom. The molecule has 0 amide bonds. The fourth-order valence-corrected chi connectivity index (χ4v) is 1.66. The number of benzene rings is 1. The molecule has 0 saturated heterocycles. The molecule has 84 valence electrons. The molecule has 1 rings (SSSR count). The summed E-state index contributed by atoms with van der Waals surface area (Å²) in [7, 11) is 0. The van der Waals surface area contributed by atoms with Crippen LogP contribution in [0.1, 0.15) is 32.3 Å². The minimum Gasteiger partial charge on any atom is -0.312 e. The zero-order valence-corrected chi connectivity index (χ0v) is 9.59. The minimum absolute atomic E-state index is 0.168. The number of halogens is 1. The average molecular weight is 209 g/mol. The Morgan fingerprint density at radius 3 is 2.53 bits per heavy atom. The summed E-state index contributed by atoms with van der Waals surface area (Å²) >= 11 is 0. The van der Waals surface area contributed by atoms with Crippen molar-refractivity contribution >= 4 is 0 Å². The SMILES string of the molecule is CCC[C@@H](C)CNCc1ccc(F)cc1. The van der Waals surface area contributed by atoms with Gasteiger partial charge in [0.05, 0.1) is 0 Å². The van der Waals surface area contributed by atoms with Crippen molar-refractivity contribution < 1.29 is 4.39 Å². The molecular weight excluding hydrogens is 189 g/mol. The Labute approximate surface area is 91.7 Å². The van der Waals surface area contributed by atoms with Gasteiger partial charge in [-0.15, -0.1) is 0 Å². The summed E-state index contributed by atoms with van der Waals surface area (Å²) in [5, 5.41) is 3.38. The lowest BCUT2D eigenvalue weighted by Gasteiger charge is -2.11. The molecule has 0 unspecified atom stereocenters. The second-order valence-corrected chi connectivity index (χ2v) is 4.15. The standard InChI is InChI=1S/C13H20FN/c1-3-4-11(2)9-15-10-12-5-7-13(14)8-6-12/h5-8,11,15H,3-4,9-10H2,1-2H3/t11-/m1/s1. The number of nitrogens with one attached hydrogen (secondary N) is 1. The smallest absolute Gasteiger partial charge is 0.123 e. The van der Waals surface area contributed by atoms with Crippen LogP contribution in [0.25, 0.3) is 0 Å². The van der Waals surface area contributed by atoms with Gasteiger partial charge in [-0.1, -0.05) is 32.4 Å². The maximum Gasteiger partial charge on any atom is 0.123 e. The van der Waals surface area contributed by atoms with Crippen molar-refractivity contribution in [1.29, 1.82) is 0 Å². The van der Waals surface area contributed by atoms with Gasteiger partial charge in [-0.2, -0.15) is 0 Å². The van der Waals surface area contributed by atoms with E-state index in [1.807, 2.05) is 12.1 Å². The van der Waals surface area contributed by atoms with Gasteiger partial charge in [-0.05, 0) is 36.6 Å². The third kappa shape index (κ3) is 4.93. The van der Waals surface area contributed by atoms with Gasteiger partial charge in [0.25, 0.3) is 0 Å². The van der Waals surface area contributed by atoms with Crippen LogP contribution in [0.5, 0.6) is 0 Å². The zero-order valence-electron chi connectivity index (χ0n) is 9.59. The van der Waals surface area contributed by atoms with Crippen molar-refractivity contribution in [1.82, 2.24) is 5.32 Å². The summed E-state index contributed by atoms with van der Waals surface area (Å²) in [5.74, 6) is 0.550. The van der Waals surface area contributed by atoms with E-state index in [2.05, 4.69) is 19.2 Å². The van der Waals surface area contributed by atoms with Crippen LogP contribution in [-0.2, 0) is 6.54 Å². The fourth-order valence-electron chi connectivity index (χ4n) is 1.66. The van der Waals surface area contributed by atoms with Gasteiger partial charge in [-0.25, -0.2) is 4.39 Å². The summed E-state index contributed by atoms with van der Waals surface area (Å²) in [6, 6.07) is 6.67. The quantitative estimate of drug-likeness (QED) is 0.757. The largest absolute Gasteiger partial charge is 0.312 e. The Hall–Kier alpha value is -0.890. The molecule has 15 heavy (non-hydrogen) atoms. The lowest BCUT2D eigenvalue weighted by atomic mass is 10.1. The van der Waals surface area contributed by atoms with E-state index in [-0.39, 0.29) is 5.82 Å². The molecule has 1 aromatic rings. The molecule has 0 aromatic heterocycles. The Balaban J connectivity index is 2.22. The molecule has 0 aliphatic heterocycles. The number of hydrogen-bond donors (Lipinski definition) is 1. The van der Waals surface area contributed by atoms with E-state index in [9.17, 15) is 4.39 Å². The molecule has 1 aromatic carbocycles. The molecule has 1 N–H and O–H groups in total. The Kier molecular flexibility index (Phi) is 5.33. The van der Waals surface area contributed by atoms with Crippen LogP contribution in [0.3, 0.4) is 0 Å². The second-order valence-electron chi connectivity index (χ2n) is 4.15. The third-order valence-electron chi connectivity index (χ3n) is 2.52. The molecule has 0 heterocycles. The number of hydrogen-bond acceptors (Lipinski definition) is 1. The first-order chi connectivity index (χ1) is 7.22. The van der Waals surface area contributed by atoms with Crippen LogP contribution >= 0.6 is 0 Å². The molecule has 2 heteroatoms. The molecule has 0 spiro atoms. The number of rotatable bonds is 6. The highest BCUT2D eigenvalue weighted by molar-refractivity contribution is 5.15. The van der Waals surface area contributed by atoms with Crippen LogP contribution in [0, 0.1) is 11.7 Å². The monoisotopic (exact) mass is 209 g/mol. The van der Waals surface area contributed by atoms with Crippen molar-refractivity contribution in [2.45, 2.75) is 33.2 Å². The zero-order chi connectivity index (χ0) is 11.1. The predicted molar refractivity (Wildman–Crippen MR) is 62.2 cm³/mol. The highest BCUT2D eigenvalue weighted by atomic mass is 19.1. The van der Waals surface area contributed by atoms with E-state index in [4.69, 9.17) is 0 Å².